The van der Waals surface area contributed by atoms with Crippen LogP contribution in [-0.4, -0.2) is 15.5 Å². The zero-order valence-corrected chi connectivity index (χ0v) is 14.4. The maximum Gasteiger partial charge on any atom is 0.265 e. The van der Waals surface area contributed by atoms with E-state index in [1.807, 2.05) is 6.07 Å². The average Bonchev–Trinajstić information content (AvgIpc) is 2.41. The SMILES string of the molecule is COc1ccc(Br)cc1S(=O)(=O)Nc1ccccc1Br. The summed E-state index contributed by atoms with van der Waals surface area (Å²) in [4.78, 5) is 0.0742. The van der Waals surface area contributed by atoms with E-state index in [0.29, 0.717) is 14.6 Å². The molecule has 2 aromatic carbocycles. The number of nitrogens with one attached hydrogen (secondary N) is 1. The van der Waals surface area contributed by atoms with Crippen LogP contribution in [-0.2, 0) is 10.0 Å². The first-order valence-electron chi connectivity index (χ1n) is 5.55. The normalized spacial score (nSPS) is 11.2. The second-order valence-electron chi connectivity index (χ2n) is 3.88. The lowest BCUT2D eigenvalue weighted by atomic mass is 10.3. The van der Waals surface area contributed by atoms with Gasteiger partial charge in [0, 0.05) is 8.95 Å². The molecule has 20 heavy (non-hydrogen) atoms. The molecular formula is C13H11Br2NO3S. The van der Waals surface area contributed by atoms with Gasteiger partial charge in [-0.05, 0) is 46.3 Å². The summed E-state index contributed by atoms with van der Waals surface area (Å²) >= 11 is 6.56. The predicted octanol–water partition coefficient (Wildman–Crippen LogP) is 4.02. The van der Waals surface area contributed by atoms with Crippen molar-refractivity contribution in [2.45, 2.75) is 4.90 Å². The Bertz CT molecular complexity index is 732. The van der Waals surface area contributed by atoms with Gasteiger partial charge in [0.2, 0.25) is 0 Å². The molecule has 0 bridgehead atoms. The summed E-state index contributed by atoms with van der Waals surface area (Å²) < 4.78 is 33.9. The standard InChI is InChI=1S/C13H11Br2NO3S/c1-19-12-7-6-9(14)8-13(12)20(17,18)16-11-5-3-2-4-10(11)15/h2-8,16H,1H3. The van der Waals surface area contributed by atoms with Crippen LogP contribution in [0.1, 0.15) is 0 Å². The monoisotopic (exact) mass is 419 g/mol. The zero-order chi connectivity index (χ0) is 14.8. The summed E-state index contributed by atoms with van der Waals surface area (Å²) in [5.41, 5.74) is 0.467. The van der Waals surface area contributed by atoms with Crippen LogP contribution < -0.4 is 9.46 Å². The Balaban J connectivity index is 2.46. The van der Waals surface area contributed by atoms with Crippen molar-refractivity contribution >= 4 is 47.6 Å². The fraction of sp³-hybridized carbons (Fsp3) is 0.0769. The summed E-state index contributed by atoms with van der Waals surface area (Å²) in [6.45, 7) is 0. The fourth-order valence-corrected chi connectivity index (χ4v) is 3.91. The molecule has 0 atom stereocenters. The number of halogens is 2. The Morgan fingerprint density at radius 3 is 2.45 bits per heavy atom. The van der Waals surface area contributed by atoms with Gasteiger partial charge in [-0.25, -0.2) is 8.42 Å². The molecule has 0 unspecified atom stereocenters. The summed E-state index contributed by atoms with van der Waals surface area (Å²) in [5, 5.41) is 0. The molecule has 7 heteroatoms. The Morgan fingerprint density at radius 2 is 1.80 bits per heavy atom. The van der Waals surface area contributed by atoms with Gasteiger partial charge in [-0.15, -0.1) is 0 Å². The van der Waals surface area contributed by atoms with Gasteiger partial charge in [0.1, 0.15) is 10.6 Å². The zero-order valence-electron chi connectivity index (χ0n) is 10.4. The molecule has 0 heterocycles. The number of rotatable bonds is 4. The highest BCUT2D eigenvalue weighted by Gasteiger charge is 2.20. The van der Waals surface area contributed by atoms with E-state index < -0.39 is 10.0 Å². The minimum Gasteiger partial charge on any atom is -0.495 e. The van der Waals surface area contributed by atoms with E-state index in [9.17, 15) is 8.42 Å². The second kappa shape index (κ2) is 6.15. The summed E-state index contributed by atoms with van der Waals surface area (Å²) in [7, 11) is -2.30. The molecule has 0 aliphatic heterocycles. The number of hydrogen-bond acceptors (Lipinski definition) is 3. The van der Waals surface area contributed by atoms with Crippen LogP contribution in [0.25, 0.3) is 0 Å². The molecule has 0 amide bonds. The number of benzene rings is 2. The van der Waals surface area contributed by atoms with Crippen LogP contribution in [0.3, 0.4) is 0 Å². The fourth-order valence-electron chi connectivity index (χ4n) is 1.60. The lowest BCUT2D eigenvalue weighted by Gasteiger charge is -2.12. The first-order chi connectivity index (χ1) is 9.44. The molecule has 0 saturated carbocycles. The van der Waals surface area contributed by atoms with Gasteiger partial charge in [0.05, 0.1) is 12.8 Å². The van der Waals surface area contributed by atoms with Crippen molar-refractivity contribution in [1.82, 2.24) is 0 Å². The third-order valence-corrected chi connectivity index (χ3v) is 5.10. The number of ether oxygens (including phenoxy) is 1. The summed E-state index contributed by atoms with van der Waals surface area (Å²) in [6, 6.07) is 11.8. The molecule has 2 aromatic rings. The van der Waals surface area contributed by atoms with Gasteiger partial charge < -0.3 is 4.74 Å². The molecule has 0 saturated heterocycles. The van der Waals surface area contributed by atoms with Crippen molar-refractivity contribution < 1.29 is 13.2 Å². The summed E-state index contributed by atoms with van der Waals surface area (Å²) in [6.07, 6.45) is 0. The number of anilines is 1. The molecule has 1 N–H and O–H groups in total. The Morgan fingerprint density at radius 1 is 1.10 bits per heavy atom. The first kappa shape index (κ1) is 15.3. The average molecular weight is 421 g/mol. The number of methoxy groups -OCH3 is 1. The topological polar surface area (TPSA) is 55.4 Å². The van der Waals surface area contributed by atoms with Crippen molar-refractivity contribution in [2.75, 3.05) is 11.8 Å². The molecule has 4 nitrogen and oxygen atoms in total. The first-order valence-corrected chi connectivity index (χ1v) is 8.62. The molecule has 106 valence electrons. The second-order valence-corrected chi connectivity index (χ2v) is 7.30. The lowest BCUT2D eigenvalue weighted by molar-refractivity contribution is 0.403. The van der Waals surface area contributed by atoms with Crippen molar-refractivity contribution in [3.05, 3.63) is 51.4 Å². The Labute approximate surface area is 134 Å². The number of para-hydroxylation sites is 1. The van der Waals surface area contributed by atoms with Crippen LogP contribution in [0.15, 0.2) is 56.3 Å². The van der Waals surface area contributed by atoms with Crippen molar-refractivity contribution in [2.24, 2.45) is 0 Å². The molecule has 2 rings (SSSR count). The summed E-state index contributed by atoms with van der Waals surface area (Å²) in [5.74, 6) is 0.285. The Hall–Kier alpha value is -1.05. The van der Waals surface area contributed by atoms with Gasteiger partial charge in [0.25, 0.3) is 10.0 Å². The quantitative estimate of drug-likeness (QED) is 0.812. The van der Waals surface area contributed by atoms with Crippen molar-refractivity contribution in [3.8, 4) is 5.75 Å². The van der Waals surface area contributed by atoms with Crippen LogP contribution in [0.5, 0.6) is 5.75 Å². The molecule has 0 aromatic heterocycles. The number of hydrogen-bond donors (Lipinski definition) is 1. The van der Waals surface area contributed by atoms with E-state index in [1.165, 1.54) is 13.2 Å². The van der Waals surface area contributed by atoms with Crippen molar-refractivity contribution in [1.29, 1.82) is 0 Å². The predicted molar refractivity (Wildman–Crippen MR) is 85.6 cm³/mol. The third-order valence-electron chi connectivity index (χ3n) is 2.53. The van der Waals surface area contributed by atoms with Crippen LogP contribution >= 0.6 is 31.9 Å². The van der Waals surface area contributed by atoms with Crippen LogP contribution in [0, 0.1) is 0 Å². The number of sulfonamides is 1. The highest BCUT2D eigenvalue weighted by Crippen LogP contribution is 2.30. The van der Waals surface area contributed by atoms with Gasteiger partial charge in [-0.1, -0.05) is 28.1 Å². The maximum atomic E-state index is 12.5. The molecule has 0 fully saturated rings. The molecule has 0 radical (unpaired) electrons. The largest absolute Gasteiger partial charge is 0.495 e. The van der Waals surface area contributed by atoms with E-state index in [0.717, 1.165) is 0 Å². The Kier molecular flexibility index (Phi) is 4.72. The highest BCUT2D eigenvalue weighted by molar-refractivity contribution is 9.10. The van der Waals surface area contributed by atoms with Gasteiger partial charge >= 0.3 is 0 Å². The van der Waals surface area contributed by atoms with Gasteiger partial charge in [-0.3, -0.25) is 4.72 Å². The van der Waals surface area contributed by atoms with Crippen LogP contribution in [0.2, 0.25) is 0 Å². The molecule has 0 aliphatic rings. The van der Waals surface area contributed by atoms with E-state index in [-0.39, 0.29) is 10.6 Å². The molecule has 0 spiro atoms. The molecule has 0 aliphatic carbocycles. The third kappa shape index (κ3) is 3.34. The van der Waals surface area contributed by atoms with Crippen molar-refractivity contribution in [3.63, 3.8) is 0 Å². The van der Waals surface area contributed by atoms with Crippen LogP contribution in [0.4, 0.5) is 5.69 Å². The van der Waals surface area contributed by atoms with E-state index in [1.54, 1.807) is 30.3 Å². The molecular weight excluding hydrogens is 410 g/mol. The van der Waals surface area contributed by atoms with E-state index in [4.69, 9.17) is 4.74 Å². The highest BCUT2D eigenvalue weighted by atomic mass is 79.9. The lowest BCUT2D eigenvalue weighted by Crippen LogP contribution is -2.14. The maximum absolute atomic E-state index is 12.5. The van der Waals surface area contributed by atoms with Gasteiger partial charge in [0.15, 0.2) is 0 Å². The van der Waals surface area contributed by atoms with Gasteiger partial charge in [-0.2, -0.15) is 0 Å². The smallest absolute Gasteiger partial charge is 0.265 e. The van der Waals surface area contributed by atoms with E-state index in [2.05, 4.69) is 36.6 Å². The minimum atomic E-state index is -3.74. The van der Waals surface area contributed by atoms with E-state index >= 15 is 0 Å². The minimum absolute atomic E-state index is 0.0742.